The summed E-state index contributed by atoms with van der Waals surface area (Å²) in [7, 11) is 0. The molecule has 3 heterocycles. The van der Waals surface area contributed by atoms with Gasteiger partial charge in [-0.25, -0.2) is 0 Å². The van der Waals surface area contributed by atoms with Crippen LogP contribution in [0.1, 0.15) is 18.4 Å². The molecule has 0 aliphatic heterocycles. The number of nitrogens with zero attached hydrogens (tertiary/aromatic N) is 3. The van der Waals surface area contributed by atoms with Crippen LogP contribution in [0.25, 0.3) is 126 Å². The maximum atomic E-state index is 2.48. The summed E-state index contributed by atoms with van der Waals surface area (Å²) in [6.07, 6.45) is 7.30. The van der Waals surface area contributed by atoms with Gasteiger partial charge in [-0.2, -0.15) is 0 Å². The third-order valence-corrected chi connectivity index (χ3v) is 15.3. The molecule has 0 spiro atoms. The van der Waals surface area contributed by atoms with Crippen LogP contribution >= 0.6 is 0 Å². The Labute approximate surface area is 392 Å². The topological polar surface area (TPSA) is 14.8 Å². The Hall–Kier alpha value is -8.66. The van der Waals surface area contributed by atoms with E-state index >= 15 is 0 Å². The van der Waals surface area contributed by atoms with Gasteiger partial charge in [0.05, 0.1) is 33.1 Å². The van der Waals surface area contributed by atoms with Crippen LogP contribution in [0.4, 0.5) is 0 Å². The molecule has 0 radical (unpaired) electrons. The molecular formula is C65H43N3. The highest BCUT2D eigenvalue weighted by Gasteiger charge is 2.25. The van der Waals surface area contributed by atoms with Crippen LogP contribution in [0.3, 0.4) is 0 Å². The Bertz CT molecular complexity index is 4180. The summed E-state index contributed by atoms with van der Waals surface area (Å²) in [6.45, 7) is 2.39. The predicted octanol–water partition coefficient (Wildman–Crippen LogP) is 17.4. The fraction of sp³-hybridized carbons (Fsp3) is 0.0462. The average Bonchev–Trinajstić information content (AvgIpc) is 4.04. The van der Waals surface area contributed by atoms with Gasteiger partial charge in [0.25, 0.3) is 0 Å². The molecule has 0 saturated carbocycles. The van der Waals surface area contributed by atoms with Gasteiger partial charge in [-0.05, 0) is 116 Å². The van der Waals surface area contributed by atoms with E-state index < -0.39 is 0 Å². The van der Waals surface area contributed by atoms with Crippen LogP contribution < -0.4 is 0 Å². The van der Waals surface area contributed by atoms with E-state index in [0.29, 0.717) is 0 Å². The lowest BCUT2D eigenvalue weighted by Crippen LogP contribution is -2.11. The van der Waals surface area contributed by atoms with E-state index in [1.54, 1.807) is 0 Å². The van der Waals surface area contributed by atoms with Gasteiger partial charge >= 0.3 is 0 Å². The number of hydrogen-bond donors (Lipinski definition) is 0. The van der Waals surface area contributed by atoms with Gasteiger partial charge in [-0.3, -0.25) is 0 Å². The van der Waals surface area contributed by atoms with Gasteiger partial charge in [0.2, 0.25) is 0 Å². The SMILES string of the molecule is CC1C=C(n2c3ccccc3c3ccccc32)C=CC1c1ccc2ccc3c(-c4cc(-n5c6ccccc6c6ccccc65)cc(-n5c6ccccc6c6ccccc65)c4)ccc4ccc1c2c43. The summed E-state index contributed by atoms with van der Waals surface area (Å²) in [5.41, 5.74) is 14.6. The number of allylic oxidation sites excluding steroid dienone is 4. The third kappa shape index (κ3) is 5.24. The molecule has 0 saturated heterocycles. The second-order valence-corrected chi connectivity index (χ2v) is 18.9. The quantitative estimate of drug-likeness (QED) is 0.153. The highest BCUT2D eigenvalue weighted by Crippen LogP contribution is 2.46. The Kier molecular flexibility index (Phi) is 7.83. The van der Waals surface area contributed by atoms with Crippen LogP contribution in [0.5, 0.6) is 0 Å². The van der Waals surface area contributed by atoms with Crippen LogP contribution in [0, 0.1) is 5.92 Å². The van der Waals surface area contributed by atoms with Gasteiger partial charge in [-0.1, -0.05) is 177 Å². The Morgan fingerprint density at radius 2 is 0.750 bits per heavy atom. The van der Waals surface area contributed by atoms with Crippen LogP contribution in [0.15, 0.2) is 231 Å². The lowest BCUT2D eigenvalue weighted by molar-refractivity contribution is 0.639. The minimum Gasteiger partial charge on any atom is -0.310 e. The summed E-state index contributed by atoms with van der Waals surface area (Å²) in [5, 5.41) is 15.4. The number of para-hydroxylation sites is 6. The summed E-state index contributed by atoms with van der Waals surface area (Å²) >= 11 is 0. The van der Waals surface area contributed by atoms with Crippen LogP contribution in [-0.2, 0) is 0 Å². The van der Waals surface area contributed by atoms with Gasteiger partial charge in [-0.15, -0.1) is 0 Å². The molecule has 15 rings (SSSR count). The van der Waals surface area contributed by atoms with Crippen molar-refractivity contribution in [3.05, 3.63) is 236 Å². The molecule has 11 aromatic carbocycles. The van der Waals surface area contributed by atoms with E-state index in [9.17, 15) is 0 Å². The zero-order chi connectivity index (χ0) is 44.6. The number of hydrogen-bond acceptors (Lipinski definition) is 0. The third-order valence-electron chi connectivity index (χ3n) is 15.3. The maximum absolute atomic E-state index is 2.48. The summed E-state index contributed by atoms with van der Waals surface area (Å²) in [6, 6.07) is 79.1. The van der Waals surface area contributed by atoms with E-state index in [4.69, 9.17) is 0 Å². The maximum Gasteiger partial charge on any atom is 0.0541 e. The molecule has 14 aromatic rings. The average molecular weight is 866 g/mol. The second-order valence-electron chi connectivity index (χ2n) is 18.9. The number of aromatic nitrogens is 3. The molecule has 1 aliphatic carbocycles. The van der Waals surface area contributed by atoms with Gasteiger partial charge in [0.15, 0.2) is 0 Å². The number of rotatable bonds is 5. The molecule has 0 amide bonds. The van der Waals surface area contributed by atoms with Gasteiger partial charge in [0, 0.05) is 55.3 Å². The molecule has 2 atom stereocenters. The highest BCUT2D eigenvalue weighted by molar-refractivity contribution is 6.26. The first-order chi connectivity index (χ1) is 33.7. The van der Waals surface area contributed by atoms with Gasteiger partial charge in [0.1, 0.15) is 0 Å². The molecule has 3 aromatic heterocycles. The molecule has 3 heteroatoms. The van der Waals surface area contributed by atoms with E-state index in [-0.39, 0.29) is 11.8 Å². The van der Waals surface area contributed by atoms with Crippen molar-refractivity contribution in [3.8, 4) is 22.5 Å². The second kappa shape index (κ2) is 14.2. The minimum absolute atomic E-state index is 0.229. The molecule has 318 valence electrons. The number of fused-ring (bicyclic) bond motifs is 9. The van der Waals surface area contributed by atoms with Crippen LogP contribution in [-0.4, -0.2) is 13.7 Å². The summed E-state index contributed by atoms with van der Waals surface area (Å²) in [4.78, 5) is 0. The first kappa shape index (κ1) is 37.5. The predicted molar refractivity (Wildman–Crippen MR) is 289 cm³/mol. The summed E-state index contributed by atoms with van der Waals surface area (Å²) < 4.78 is 7.38. The van der Waals surface area contributed by atoms with Crippen molar-refractivity contribution >= 4 is 103 Å². The van der Waals surface area contributed by atoms with Crippen molar-refractivity contribution in [3.63, 3.8) is 0 Å². The Morgan fingerprint density at radius 3 is 1.22 bits per heavy atom. The van der Waals surface area contributed by atoms with Gasteiger partial charge < -0.3 is 13.7 Å². The zero-order valence-electron chi connectivity index (χ0n) is 37.4. The first-order valence-corrected chi connectivity index (χ1v) is 23.9. The van der Waals surface area contributed by atoms with Crippen molar-refractivity contribution in [1.82, 2.24) is 13.7 Å². The standard InChI is InChI=1S/C65H43N3/c1-40-36-44(66-58-20-8-2-14-50(58)51-15-3-9-21-59(51)66)30-35-47(40)49-32-27-42-28-33-56-48(31-26-41-29-34-57(49)65(42)64(41)56)43-37-45(67-60-22-10-4-16-52(60)53-17-5-11-23-61(53)67)39-46(38-43)68-62-24-12-6-18-54(62)55-19-7-13-25-63(55)68/h2-40,47H,1H3. The van der Waals surface area contributed by atoms with E-state index in [0.717, 1.165) is 11.4 Å². The Morgan fingerprint density at radius 1 is 0.353 bits per heavy atom. The molecule has 68 heavy (non-hydrogen) atoms. The molecule has 1 aliphatic rings. The summed E-state index contributed by atoms with van der Waals surface area (Å²) in [5.74, 6) is 0.513. The molecule has 0 bridgehead atoms. The fourth-order valence-electron chi connectivity index (χ4n) is 12.3. The number of benzene rings is 11. The van der Waals surface area contributed by atoms with Crippen molar-refractivity contribution in [2.24, 2.45) is 5.92 Å². The molecular weight excluding hydrogens is 823 g/mol. The van der Waals surface area contributed by atoms with Crippen LogP contribution in [0.2, 0.25) is 0 Å². The lowest BCUT2D eigenvalue weighted by Gasteiger charge is -2.26. The van der Waals surface area contributed by atoms with Crippen molar-refractivity contribution < 1.29 is 0 Å². The molecule has 0 fully saturated rings. The van der Waals surface area contributed by atoms with Crippen molar-refractivity contribution in [2.75, 3.05) is 0 Å². The Balaban J connectivity index is 0.932. The van der Waals surface area contributed by atoms with E-state index in [1.165, 1.54) is 120 Å². The van der Waals surface area contributed by atoms with E-state index in [2.05, 4.69) is 251 Å². The monoisotopic (exact) mass is 865 g/mol. The lowest BCUT2D eigenvalue weighted by atomic mass is 9.79. The minimum atomic E-state index is 0.229. The van der Waals surface area contributed by atoms with Crippen molar-refractivity contribution in [2.45, 2.75) is 12.8 Å². The molecule has 2 unspecified atom stereocenters. The largest absolute Gasteiger partial charge is 0.310 e. The first-order valence-electron chi connectivity index (χ1n) is 23.9. The molecule has 0 N–H and O–H groups in total. The smallest absolute Gasteiger partial charge is 0.0541 e. The van der Waals surface area contributed by atoms with Crippen molar-refractivity contribution in [1.29, 1.82) is 0 Å². The normalized spacial score (nSPS) is 15.5. The fourth-order valence-corrected chi connectivity index (χ4v) is 12.3. The molecule has 3 nitrogen and oxygen atoms in total. The van der Waals surface area contributed by atoms with E-state index in [1.807, 2.05) is 0 Å². The highest BCUT2D eigenvalue weighted by atomic mass is 15.0. The zero-order valence-corrected chi connectivity index (χ0v) is 37.4.